The van der Waals surface area contributed by atoms with Gasteiger partial charge in [0.15, 0.2) is 0 Å². The van der Waals surface area contributed by atoms with Crippen LogP contribution in [0.3, 0.4) is 0 Å². The third-order valence-electron chi connectivity index (χ3n) is 3.68. The molecule has 26 heavy (non-hydrogen) atoms. The van der Waals surface area contributed by atoms with Gasteiger partial charge in [0.1, 0.15) is 11.5 Å². The Morgan fingerprint density at radius 3 is 2.19 bits per heavy atom. The normalized spacial score (nSPS) is 10.1. The van der Waals surface area contributed by atoms with E-state index in [-0.39, 0.29) is 18.4 Å². The number of hydrogen-bond donors (Lipinski definition) is 1. The molecule has 2 aromatic rings. The summed E-state index contributed by atoms with van der Waals surface area (Å²) in [7, 11) is 3.17. The fraction of sp³-hybridized carbons (Fsp3) is 0.300. The van der Waals surface area contributed by atoms with E-state index in [1.54, 1.807) is 62.7 Å². The van der Waals surface area contributed by atoms with Gasteiger partial charge in [-0.25, -0.2) is 0 Å². The molecule has 0 heterocycles. The Morgan fingerprint density at radius 2 is 1.62 bits per heavy atom. The first-order valence-electron chi connectivity index (χ1n) is 8.45. The average Bonchev–Trinajstić information content (AvgIpc) is 2.66. The number of nitrogens with one attached hydrogen (secondary N) is 1. The summed E-state index contributed by atoms with van der Waals surface area (Å²) in [6.45, 7) is 2.63. The number of likely N-dealkylation sites (N-methyl/N-ethyl adjacent to an activating group) is 1. The predicted octanol–water partition coefficient (Wildman–Crippen LogP) is 3.19. The summed E-state index contributed by atoms with van der Waals surface area (Å²) in [5.41, 5.74) is 1.16. The number of nitrogens with zero attached hydrogens (tertiary/aromatic N) is 1. The lowest BCUT2D eigenvalue weighted by molar-refractivity contribution is -0.116. The largest absolute Gasteiger partial charge is 0.497 e. The molecule has 0 atom stereocenters. The van der Waals surface area contributed by atoms with Crippen molar-refractivity contribution in [1.29, 1.82) is 0 Å². The topological polar surface area (TPSA) is 67.9 Å². The van der Waals surface area contributed by atoms with Crippen molar-refractivity contribution >= 4 is 17.5 Å². The zero-order valence-electron chi connectivity index (χ0n) is 15.3. The number of carbonyl (C=O) groups excluding carboxylic acids is 2. The van der Waals surface area contributed by atoms with Crippen LogP contribution >= 0.6 is 0 Å². The Morgan fingerprint density at radius 1 is 1.00 bits per heavy atom. The molecule has 0 bridgehead atoms. The Hall–Kier alpha value is -3.02. The van der Waals surface area contributed by atoms with Gasteiger partial charge in [-0.3, -0.25) is 9.59 Å². The third-order valence-corrected chi connectivity index (χ3v) is 3.68. The first-order valence-corrected chi connectivity index (χ1v) is 8.45. The van der Waals surface area contributed by atoms with Crippen molar-refractivity contribution in [1.82, 2.24) is 4.90 Å². The number of anilines is 1. The van der Waals surface area contributed by atoms with Gasteiger partial charge in [0.25, 0.3) is 5.91 Å². The van der Waals surface area contributed by atoms with Crippen LogP contribution < -0.4 is 14.8 Å². The molecule has 6 heteroatoms. The maximum Gasteiger partial charge on any atom is 0.254 e. The molecular formula is C20H24N2O4. The van der Waals surface area contributed by atoms with Gasteiger partial charge in [0.2, 0.25) is 5.91 Å². The maximum atomic E-state index is 12.4. The molecule has 0 aliphatic rings. The van der Waals surface area contributed by atoms with Gasteiger partial charge >= 0.3 is 0 Å². The lowest BCUT2D eigenvalue weighted by Crippen LogP contribution is -2.34. The smallest absolute Gasteiger partial charge is 0.254 e. The van der Waals surface area contributed by atoms with E-state index in [0.717, 1.165) is 12.2 Å². The van der Waals surface area contributed by atoms with Gasteiger partial charge in [-0.05, 0) is 55.0 Å². The molecule has 2 rings (SSSR count). The van der Waals surface area contributed by atoms with E-state index in [2.05, 4.69) is 5.32 Å². The Labute approximate surface area is 153 Å². The minimum Gasteiger partial charge on any atom is -0.497 e. The van der Waals surface area contributed by atoms with E-state index in [9.17, 15) is 9.59 Å². The molecule has 6 nitrogen and oxygen atoms in total. The summed E-state index contributed by atoms with van der Waals surface area (Å²) < 4.78 is 10.6. The highest BCUT2D eigenvalue weighted by molar-refractivity contribution is 5.99. The second-order valence-corrected chi connectivity index (χ2v) is 5.81. The lowest BCUT2D eigenvalue weighted by atomic mass is 10.2. The molecule has 1 N–H and O–H groups in total. The van der Waals surface area contributed by atoms with Crippen LogP contribution in [0.5, 0.6) is 11.5 Å². The van der Waals surface area contributed by atoms with Gasteiger partial charge in [0.05, 0.1) is 20.3 Å². The average molecular weight is 356 g/mol. The number of ether oxygens (including phenoxy) is 2. The molecule has 0 spiro atoms. The van der Waals surface area contributed by atoms with Crippen molar-refractivity contribution in [2.45, 2.75) is 13.3 Å². The molecule has 0 unspecified atom stereocenters. The molecule has 0 fully saturated rings. The van der Waals surface area contributed by atoms with E-state index < -0.39 is 0 Å². The van der Waals surface area contributed by atoms with Crippen molar-refractivity contribution < 1.29 is 19.1 Å². The van der Waals surface area contributed by atoms with E-state index in [4.69, 9.17) is 9.47 Å². The number of carbonyl (C=O) groups is 2. The van der Waals surface area contributed by atoms with Crippen LogP contribution in [0.4, 0.5) is 5.69 Å². The van der Waals surface area contributed by atoms with E-state index in [0.29, 0.717) is 23.6 Å². The van der Waals surface area contributed by atoms with Gasteiger partial charge in [0, 0.05) is 18.3 Å². The van der Waals surface area contributed by atoms with E-state index in [1.807, 2.05) is 6.92 Å². The Kier molecular flexibility index (Phi) is 7.02. The van der Waals surface area contributed by atoms with Crippen molar-refractivity contribution in [2.75, 3.05) is 32.6 Å². The lowest BCUT2D eigenvalue weighted by Gasteiger charge is -2.17. The van der Waals surface area contributed by atoms with Gasteiger partial charge < -0.3 is 19.7 Å². The molecule has 2 aromatic carbocycles. The molecule has 138 valence electrons. The van der Waals surface area contributed by atoms with Crippen LogP contribution in [0.2, 0.25) is 0 Å². The van der Waals surface area contributed by atoms with Crippen LogP contribution in [0.1, 0.15) is 23.7 Å². The number of hydrogen-bond acceptors (Lipinski definition) is 4. The predicted molar refractivity (Wildman–Crippen MR) is 101 cm³/mol. The second kappa shape index (κ2) is 9.46. The summed E-state index contributed by atoms with van der Waals surface area (Å²) in [5, 5.41) is 2.75. The summed E-state index contributed by atoms with van der Waals surface area (Å²) in [4.78, 5) is 25.9. The molecule has 0 saturated heterocycles. The molecule has 2 amide bonds. The van der Waals surface area contributed by atoms with Crippen molar-refractivity contribution in [3.8, 4) is 11.5 Å². The maximum absolute atomic E-state index is 12.4. The number of methoxy groups -OCH3 is 1. The highest BCUT2D eigenvalue weighted by Crippen LogP contribution is 2.16. The van der Waals surface area contributed by atoms with Crippen LogP contribution in [0, 0.1) is 0 Å². The molecular weight excluding hydrogens is 332 g/mol. The van der Waals surface area contributed by atoms with Crippen molar-refractivity contribution in [2.24, 2.45) is 0 Å². The molecule has 0 radical (unpaired) electrons. The van der Waals surface area contributed by atoms with Gasteiger partial charge in [-0.1, -0.05) is 6.92 Å². The fourth-order valence-corrected chi connectivity index (χ4v) is 2.30. The Balaban J connectivity index is 1.89. The van der Waals surface area contributed by atoms with Crippen LogP contribution in [0.15, 0.2) is 48.5 Å². The summed E-state index contributed by atoms with van der Waals surface area (Å²) in [6, 6.07) is 13.9. The monoisotopic (exact) mass is 356 g/mol. The number of benzene rings is 2. The summed E-state index contributed by atoms with van der Waals surface area (Å²) >= 11 is 0. The quantitative estimate of drug-likeness (QED) is 0.789. The highest BCUT2D eigenvalue weighted by Gasteiger charge is 2.15. The van der Waals surface area contributed by atoms with Gasteiger partial charge in [-0.2, -0.15) is 0 Å². The second-order valence-electron chi connectivity index (χ2n) is 5.81. The van der Waals surface area contributed by atoms with Crippen LogP contribution in [-0.4, -0.2) is 44.0 Å². The van der Waals surface area contributed by atoms with E-state index in [1.165, 1.54) is 4.90 Å². The molecule has 0 aliphatic carbocycles. The number of amides is 2. The van der Waals surface area contributed by atoms with Crippen LogP contribution in [0.25, 0.3) is 0 Å². The standard InChI is InChI=1S/C20H24N2O4/c1-4-13-26-18-9-5-15(6-10-18)20(24)22(2)14-19(23)21-16-7-11-17(25-3)12-8-16/h5-12H,4,13-14H2,1-3H3,(H,21,23). The Bertz CT molecular complexity index is 726. The van der Waals surface area contributed by atoms with E-state index >= 15 is 0 Å². The molecule has 0 aromatic heterocycles. The van der Waals surface area contributed by atoms with Crippen molar-refractivity contribution in [3.05, 3.63) is 54.1 Å². The zero-order chi connectivity index (χ0) is 18.9. The van der Waals surface area contributed by atoms with Crippen LogP contribution in [-0.2, 0) is 4.79 Å². The molecule has 0 saturated carbocycles. The SMILES string of the molecule is CCCOc1ccc(C(=O)N(C)CC(=O)Nc2ccc(OC)cc2)cc1. The fourth-order valence-electron chi connectivity index (χ4n) is 2.30. The third kappa shape index (κ3) is 5.51. The first-order chi connectivity index (χ1) is 12.5. The number of rotatable bonds is 8. The zero-order valence-corrected chi connectivity index (χ0v) is 15.3. The van der Waals surface area contributed by atoms with Crippen molar-refractivity contribution in [3.63, 3.8) is 0 Å². The summed E-state index contributed by atoms with van der Waals surface area (Å²) in [6.07, 6.45) is 0.923. The molecule has 0 aliphatic heterocycles. The van der Waals surface area contributed by atoms with Gasteiger partial charge in [-0.15, -0.1) is 0 Å². The summed E-state index contributed by atoms with van der Waals surface area (Å²) in [5.74, 6) is 0.941. The minimum absolute atomic E-state index is 0.0427. The first kappa shape index (κ1) is 19.3. The minimum atomic E-state index is -0.270. The highest BCUT2D eigenvalue weighted by atomic mass is 16.5.